The maximum atomic E-state index is 12.3. The van der Waals surface area contributed by atoms with Gasteiger partial charge in [0.05, 0.1) is 12.1 Å². The zero-order valence-corrected chi connectivity index (χ0v) is 18.4. The summed E-state index contributed by atoms with van der Waals surface area (Å²) in [5.41, 5.74) is -0.880. The van der Waals surface area contributed by atoms with Crippen LogP contribution >= 0.6 is 0 Å². The molecule has 1 fully saturated rings. The molecule has 0 aliphatic carbocycles. The summed E-state index contributed by atoms with van der Waals surface area (Å²) in [7, 11) is 1.80. The van der Waals surface area contributed by atoms with Gasteiger partial charge in [0.25, 0.3) is 0 Å². The molecule has 1 heterocycles. The van der Waals surface area contributed by atoms with Gasteiger partial charge in [0.1, 0.15) is 5.60 Å². The predicted octanol–water partition coefficient (Wildman–Crippen LogP) is 3.00. The fourth-order valence-corrected chi connectivity index (χ4v) is 3.27. The van der Waals surface area contributed by atoms with Crippen LogP contribution < -0.4 is 10.6 Å². The third-order valence-electron chi connectivity index (χ3n) is 5.06. The van der Waals surface area contributed by atoms with Crippen molar-refractivity contribution in [3.05, 3.63) is 0 Å². The Labute approximate surface area is 165 Å². The van der Waals surface area contributed by atoms with Crippen molar-refractivity contribution < 1.29 is 14.3 Å². The first-order chi connectivity index (χ1) is 12.7. The lowest BCUT2D eigenvalue weighted by Crippen LogP contribution is -2.57. The molecule has 0 bridgehead atoms. The number of alkyl carbamates (subject to hydrolysis) is 1. The number of guanidine groups is 1. The van der Waals surface area contributed by atoms with Gasteiger partial charge in [0.2, 0.25) is 0 Å². The average Bonchev–Trinajstić information content (AvgIpc) is 3.06. The molecule has 0 aromatic carbocycles. The lowest BCUT2D eigenvalue weighted by Gasteiger charge is -2.35. The van der Waals surface area contributed by atoms with Gasteiger partial charge in [0.15, 0.2) is 5.96 Å². The van der Waals surface area contributed by atoms with Gasteiger partial charge in [-0.25, -0.2) is 4.79 Å². The number of hydrogen-bond acceptors (Lipinski definition) is 4. The summed E-state index contributed by atoms with van der Waals surface area (Å²) in [5.74, 6) is 1.43. The summed E-state index contributed by atoms with van der Waals surface area (Å²) < 4.78 is 11.0. The van der Waals surface area contributed by atoms with E-state index in [1.54, 1.807) is 7.05 Å². The van der Waals surface area contributed by atoms with Gasteiger partial charge in [-0.1, -0.05) is 13.8 Å². The Morgan fingerprint density at radius 2 is 1.89 bits per heavy atom. The molecule has 27 heavy (non-hydrogen) atoms. The zero-order valence-electron chi connectivity index (χ0n) is 18.4. The van der Waals surface area contributed by atoms with Crippen molar-refractivity contribution in [3.63, 3.8) is 0 Å². The summed E-state index contributed by atoms with van der Waals surface area (Å²) in [6.07, 6.45) is 2.35. The third-order valence-corrected chi connectivity index (χ3v) is 5.06. The quantitative estimate of drug-likeness (QED) is 0.497. The number of likely N-dealkylation sites (tertiary alicyclic amines) is 1. The van der Waals surface area contributed by atoms with Crippen LogP contribution in [0.5, 0.6) is 0 Å². The molecular weight excluding hydrogens is 344 g/mol. The Bertz CT molecular complexity index is 484. The number of amides is 1. The second-order valence-electron chi connectivity index (χ2n) is 8.28. The van der Waals surface area contributed by atoms with E-state index in [0.717, 1.165) is 51.5 Å². The van der Waals surface area contributed by atoms with E-state index in [1.165, 1.54) is 0 Å². The summed E-state index contributed by atoms with van der Waals surface area (Å²) in [6.45, 7) is 15.9. The number of hydrogen-bond donors (Lipinski definition) is 2. The standard InChI is InChI=1S/C20H40N4O3/c1-8-20(9-2,23-18(25)27-19(4,5)6)15-22-17(21-7)24-12-11-16(13-24)14-26-10-3/h16H,8-15H2,1-7H3,(H,21,22)(H,23,25). The molecule has 0 radical (unpaired) electrons. The van der Waals surface area contributed by atoms with Crippen molar-refractivity contribution in [1.29, 1.82) is 0 Å². The molecule has 7 heteroatoms. The largest absolute Gasteiger partial charge is 0.444 e. The van der Waals surface area contributed by atoms with Gasteiger partial charge in [0, 0.05) is 39.2 Å². The van der Waals surface area contributed by atoms with Crippen LogP contribution in [0, 0.1) is 5.92 Å². The van der Waals surface area contributed by atoms with Crippen LogP contribution in [0.3, 0.4) is 0 Å². The molecule has 7 nitrogen and oxygen atoms in total. The van der Waals surface area contributed by atoms with Crippen molar-refractivity contribution in [3.8, 4) is 0 Å². The van der Waals surface area contributed by atoms with Gasteiger partial charge in [-0.3, -0.25) is 4.99 Å². The predicted molar refractivity (Wildman–Crippen MR) is 110 cm³/mol. The van der Waals surface area contributed by atoms with Gasteiger partial charge in [-0.2, -0.15) is 0 Å². The third kappa shape index (κ3) is 7.95. The van der Waals surface area contributed by atoms with Crippen LogP contribution in [0.15, 0.2) is 4.99 Å². The van der Waals surface area contributed by atoms with Crippen molar-refractivity contribution in [2.45, 2.75) is 71.9 Å². The second kappa shape index (κ2) is 10.7. The zero-order chi connectivity index (χ0) is 20.5. The first kappa shape index (κ1) is 23.5. The Morgan fingerprint density at radius 3 is 2.41 bits per heavy atom. The van der Waals surface area contributed by atoms with Crippen molar-refractivity contribution in [2.24, 2.45) is 10.9 Å². The molecule has 1 saturated heterocycles. The van der Waals surface area contributed by atoms with Crippen LogP contribution in [0.1, 0.15) is 60.8 Å². The molecule has 2 N–H and O–H groups in total. The highest BCUT2D eigenvalue weighted by molar-refractivity contribution is 5.80. The number of nitrogens with zero attached hydrogens (tertiary/aromatic N) is 2. The minimum absolute atomic E-state index is 0.372. The van der Waals surface area contributed by atoms with E-state index in [9.17, 15) is 4.79 Å². The fraction of sp³-hybridized carbons (Fsp3) is 0.900. The first-order valence-electron chi connectivity index (χ1n) is 10.2. The number of ether oxygens (including phenoxy) is 2. The minimum atomic E-state index is -0.508. The summed E-state index contributed by atoms with van der Waals surface area (Å²) in [4.78, 5) is 19.0. The first-order valence-corrected chi connectivity index (χ1v) is 10.2. The topological polar surface area (TPSA) is 75.2 Å². The number of nitrogens with one attached hydrogen (secondary N) is 2. The Kier molecular flexibility index (Phi) is 9.36. The van der Waals surface area contributed by atoms with E-state index in [-0.39, 0.29) is 11.6 Å². The lowest BCUT2D eigenvalue weighted by molar-refractivity contribution is 0.0448. The van der Waals surface area contributed by atoms with E-state index >= 15 is 0 Å². The molecule has 1 aliphatic heterocycles. The Morgan fingerprint density at radius 1 is 1.22 bits per heavy atom. The number of aliphatic imine (C=N–C) groups is 1. The van der Waals surface area contributed by atoms with Crippen LogP contribution in [0.2, 0.25) is 0 Å². The molecule has 0 saturated carbocycles. The lowest BCUT2D eigenvalue weighted by atomic mass is 9.93. The molecule has 1 rings (SSSR count). The average molecular weight is 385 g/mol. The maximum absolute atomic E-state index is 12.3. The fourth-order valence-electron chi connectivity index (χ4n) is 3.27. The monoisotopic (exact) mass is 384 g/mol. The maximum Gasteiger partial charge on any atom is 0.408 e. The van der Waals surface area contributed by atoms with Crippen LogP contribution in [-0.4, -0.2) is 68.0 Å². The van der Waals surface area contributed by atoms with Crippen molar-refractivity contribution in [2.75, 3.05) is 39.9 Å². The highest BCUT2D eigenvalue weighted by Crippen LogP contribution is 2.19. The van der Waals surface area contributed by atoms with E-state index in [0.29, 0.717) is 12.5 Å². The van der Waals surface area contributed by atoms with Crippen molar-refractivity contribution >= 4 is 12.1 Å². The molecule has 0 aromatic heterocycles. The summed E-state index contributed by atoms with van der Waals surface area (Å²) in [6, 6.07) is 0. The van der Waals surface area contributed by atoms with Gasteiger partial charge in [-0.05, 0) is 47.0 Å². The van der Waals surface area contributed by atoms with E-state index in [4.69, 9.17) is 9.47 Å². The van der Waals surface area contributed by atoms with Crippen molar-refractivity contribution in [1.82, 2.24) is 15.5 Å². The molecule has 1 aliphatic rings. The highest BCUT2D eigenvalue weighted by atomic mass is 16.6. The smallest absolute Gasteiger partial charge is 0.408 e. The highest BCUT2D eigenvalue weighted by Gasteiger charge is 2.32. The molecule has 158 valence electrons. The second-order valence-corrected chi connectivity index (χ2v) is 8.28. The normalized spacial score (nSPS) is 18.6. The van der Waals surface area contributed by atoms with Gasteiger partial charge >= 0.3 is 6.09 Å². The van der Waals surface area contributed by atoms with Crippen LogP contribution in [-0.2, 0) is 9.47 Å². The van der Waals surface area contributed by atoms with E-state index in [2.05, 4.69) is 34.4 Å². The number of carbonyl (C=O) groups is 1. The molecule has 1 atom stereocenters. The molecule has 1 unspecified atom stereocenters. The minimum Gasteiger partial charge on any atom is -0.444 e. The summed E-state index contributed by atoms with van der Waals surface area (Å²) >= 11 is 0. The number of carbonyl (C=O) groups excluding carboxylic acids is 1. The molecular formula is C20H40N4O3. The number of rotatable bonds is 8. The molecule has 1 amide bonds. The Balaban J connectivity index is 2.65. The SMILES string of the molecule is CCOCC1CCN(C(=NC)NCC(CC)(CC)NC(=O)OC(C)(C)C)C1. The van der Waals surface area contributed by atoms with E-state index in [1.807, 2.05) is 27.7 Å². The van der Waals surface area contributed by atoms with Gasteiger partial charge < -0.3 is 25.0 Å². The van der Waals surface area contributed by atoms with E-state index < -0.39 is 5.60 Å². The molecule has 0 aromatic rings. The summed E-state index contributed by atoms with van der Waals surface area (Å²) in [5, 5.41) is 6.54. The van der Waals surface area contributed by atoms with Crippen LogP contribution in [0.4, 0.5) is 4.79 Å². The Hall–Kier alpha value is -1.50. The van der Waals surface area contributed by atoms with Gasteiger partial charge in [-0.15, -0.1) is 0 Å². The van der Waals surface area contributed by atoms with Crippen LogP contribution in [0.25, 0.3) is 0 Å². The molecule has 0 spiro atoms.